The molecule has 1 heterocycles. The second-order valence-corrected chi connectivity index (χ2v) is 6.02. The van der Waals surface area contributed by atoms with Crippen LogP contribution in [0.15, 0.2) is 42.6 Å². The van der Waals surface area contributed by atoms with Gasteiger partial charge in [0.1, 0.15) is 12.1 Å². The summed E-state index contributed by atoms with van der Waals surface area (Å²) in [6.45, 7) is 3.10. The van der Waals surface area contributed by atoms with Crippen molar-refractivity contribution in [1.29, 1.82) is 0 Å². The Morgan fingerprint density at radius 2 is 1.92 bits per heavy atom. The quantitative estimate of drug-likeness (QED) is 0.539. The molecule has 0 bridgehead atoms. The zero-order valence-corrected chi connectivity index (χ0v) is 14.8. The van der Waals surface area contributed by atoms with Gasteiger partial charge in [0.25, 0.3) is 0 Å². The lowest BCUT2D eigenvalue weighted by Gasteiger charge is -2.20. The van der Waals surface area contributed by atoms with Crippen LogP contribution in [0.2, 0.25) is 0 Å². The molecule has 7 nitrogen and oxygen atoms in total. The van der Waals surface area contributed by atoms with Gasteiger partial charge in [0.15, 0.2) is 0 Å². The van der Waals surface area contributed by atoms with Crippen molar-refractivity contribution in [1.82, 2.24) is 15.6 Å². The highest BCUT2D eigenvalue weighted by molar-refractivity contribution is 5.91. The number of aromatic amines is 1. The van der Waals surface area contributed by atoms with E-state index in [-0.39, 0.29) is 18.7 Å². The third-order valence-corrected chi connectivity index (χ3v) is 4.02. The van der Waals surface area contributed by atoms with Crippen LogP contribution in [0.4, 0.5) is 0 Å². The predicted molar refractivity (Wildman–Crippen MR) is 98.6 cm³/mol. The lowest BCUT2D eigenvalue weighted by Crippen LogP contribution is -2.52. The minimum atomic E-state index is -1.12. The molecule has 0 aliphatic rings. The molecule has 26 heavy (non-hydrogen) atoms. The van der Waals surface area contributed by atoms with Crippen LogP contribution in [0, 0.1) is 0 Å². The first-order valence-electron chi connectivity index (χ1n) is 8.38. The van der Waals surface area contributed by atoms with Gasteiger partial charge in [0, 0.05) is 30.4 Å². The van der Waals surface area contributed by atoms with Crippen LogP contribution in [-0.4, -0.2) is 40.0 Å². The van der Waals surface area contributed by atoms with E-state index in [1.165, 1.54) is 6.92 Å². The van der Waals surface area contributed by atoms with E-state index in [2.05, 4.69) is 15.6 Å². The van der Waals surface area contributed by atoms with Gasteiger partial charge in [0.2, 0.25) is 11.8 Å². The number of H-pyrrole nitrogens is 1. The van der Waals surface area contributed by atoms with Crippen LogP contribution in [0.3, 0.4) is 0 Å². The van der Waals surface area contributed by atoms with Gasteiger partial charge in [-0.05, 0) is 25.0 Å². The summed E-state index contributed by atoms with van der Waals surface area (Å²) in [5.41, 5.74) is 1.80. The van der Waals surface area contributed by atoms with E-state index in [0.717, 1.165) is 16.5 Å². The van der Waals surface area contributed by atoms with Crippen molar-refractivity contribution in [3.8, 4) is 0 Å². The molecule has 1 aromatic heterocycles. The van der Waals surface area contributed by atoms with Crippen LogP contribution in [0.25, 0.3) is 10.9 Å². The lowest BCUT2D eigenvalue weighted by molar-refractivity contribution is -0.142. The number of aromatic nitrogens is 1. The minimum Gasteiger partial charge on any atom is -0.480 e. The molecule has 138 valence electrons. The summed E-state index contributed by atoms with van der Waals surface area (Å²) >= 11 is 0. The van der Waals surface area contributed by atoms with Gasteiger partial charge in [-0.1, -0.05) is 30.4 Å². The van der Waals surface area contributed by atoms with Crippen molar-refractivity contribution in [2.75, 3.05) is 0 Å². The second kappa shape index (κ2) is 8.84. The van der Waals surface area contributed by atoms with Gasteiger partial charge < -0.3 is 20.7 Å². The number of hydrogen-bond acceptors (Lipinski definition) is 3. The number of aliphatic carboxylic acids is 1. The summed E-state index contributed by atoms with van der Waals surface area (Å²) in [4.78, 5) is 38.6. The molecule has 2 amide bonds. The molecule has 0 aliphatic carbocycles. The van der Waals surface area contributed by atoms with Crippen LogP contribution < -0.4 is 10.6 Å². The van der Waals surface area contributed by atoms with Crippen LogP contribution in [0.5, 0.6) is 0 Å². The van der Waals surface area contributed by atoms with Gasteiger partial charge in [-0.15, -0.1) is 0 Å². The zero-order valence-electron chi connectivity index (χ0n) is 14.8. The SMILES string of the molecule is C/C=C/CC(NC(=O)C(Cc1c[nH]c2ccccc12)NC(C)=O)C(=O)O. The number of benzene rings is 1. The van der Waals surface area contributed by atoms with E-state index >= 15 is 0 Å². The molecule has 4 N–H and O–H groups in total. The van der Waals surface area contributed by atoms with Gasteiger partial charge >= 0.3 is 5.97 Å². The molecule has 0 spiro atoms. The molecular formula is C19H23N3O4. The van der Waals surface area contributed by atoms with Crippen molar-refractivity contribution in [2.24, 2.45) is 0 Å². The second-order valence-electron chi connectivity index (χ2n) is 6.02. The number of rotatable bonds is 8. The van der Waals surface area contributed by atoms with Gasteiger partial charge in [0.05, 0.1) is 0 Å². The molecule has 0 aliphatic heterocycles. The molecule has 2 rings (SSSR count). The summed E-state index contributed by atoms with van der Waals surface area (Å²) in [7, 11) is 0. The largest absolute Gasteiger partial charge is 0.480 e. The maximum Gasteiger partial charge on any atom is 0.326 e. The van der Waals surface area contributed by atoms with Gasteiger partial charge in [-0.25, -0.2) is 4.79 Å². The molecule has 1 aromatic carbocycles. The van der Waals surface area contributed by atoms with E-state index in [1.807, 2.05) is 24.3 Å². The third kappa shape index (κ3) is 4.95. The number of hydrogen-bond donors (Lipinski definition) is 4. The number of para-hydroxylation sites is 1. The first kappa shape index (κ1) is 19.2. The van der Waals surface area contributed by atoms with Crippen molar-refractivity contribution in [3.05, 3.63) is 48.2 Å². The molecule has 0 radical (unpaired) electrons. The number of fused-ring (bicyclic) bond motifs is 1. The van der Waals surface area contributed by atoms with Crippen molar-refractivity contribution in [2.45, 2.75) is 38.8 Å². The first-order valence-corrected chi connectivity index (χ1v) is 8.38. The van der Waals surface area contributed by atoms with Crippen molar-refractivity contribution in [3.63, 3.8) is 0 Å². The summed E-state index contributed by atoms with van der Waals surface area (Å²) < 4.78 is 0. The zero-order chi connectivity index (χ0) is 19.1. The highest BCUT2D eigenvalue weighted by Gasteiger charge is 2.26. The Kier molecular flexibility index (Phi) is 6.54. The fraction of sp³-hybridized carbons (Fsp3) is 0.316. The fourth-order valence-electron chi connectivity index (χ4n) is 2.74. The summed E-state index contributed by atoms with van der Waals surface area (Å²) in [5.74, 6) is -2.00. The molecule has 2 aromatic rings. The van der Waals surface area contributed by atoms with Gasteiger partial charge in [-0.3, -0.25) is 9.59 Å². The maximum absolute atomic E-state index is 12.6. The van der Waals surface area contributed by atoms with E-state index in [9.17, 15) is 19.5 Å². The molecular weight excluding hydrogens is 334 g/mol. The normalized spacial score (nSPS) is 13.5. The monoisotopic (exact) mass is 357 g/mol. The highest BCUT2D eigenvalue weighted by atomic mass is 16.4. The molecule has 2 atom stereocenters. The lowest BCUT2D eigenvalue weighted by atomic mass is 10.0. The summed E-state index contributed by atoms with van der Waals surface area (Å²) in [6.07, 6.45) is 5.62. The topological polar surface area (TPSA) is 111 Å². The standard InChI is InChI=1S/C19H23N3O4/c1-3-4-8-16(19(25)26)22-18(24)17(21-12(2)23)10-13-11-20-15-9-6-5-7-14(13)15/h3-7,9,11,16-17,20H,8,10H2,1-2H3,(H,21,23)(H,22,24)(H,25,26)/b4-3+. The Bertz CT molecular complexity index is 825. The van der Waals surface area contributed by atoms with Crippen LogP contribution >= 0.6 is 0 Å². The van der Waals surface area contributed by atoms with E-state index in [1.54, 1.807) is 25.3 Å². The predicted octanol–water partition coefficient (Wildman–Crippen LogP) is 1.75. The summed E-state index contributed by atoms with van der Waals surface area (Å²) in [6, 6.07) is 5.74. The third-order valence-electron chi connectivity index (χ3n) is 4.02. The number of carboxylic acids is 1. The van der Waals surface area contributed by atoms with E-state index < -0.39 is 24.0 Å². The minimum absolute atomic E-state index is 0.178. The Labute approximate surface area is 151 Å². The number of nitrogens with one attached hydrogen (secondary N) is 3. The molecule has 0 fully saturated rings. The molecule has 2 unspecified atom stereocenters. The van der Waals surface area contributed by atoms with Crippen LogP contribution in [0.1, 0.15) is 25.8 Å². The Morgan fingerprint density at radius 3 is 2.58 bits per heavy atom. The smallest absolute Gasteiger partial charge is 0.326 e. The molecule has 7 heteroatoms. The number of carbonyl (C=O) groups excluding carboxylic acids is 2. The number of carboxylic acid groups (broad SMARTS) is 1. The number of allylic oxidation sites excluding steroid dienone is 1. The Morgan fingerprint density at radius 1 is 1.19 bits per heavy atom. The van der Waals surface area contributed by atoms with Gasteiger partial charge in [-0.2, -0.15) is 0 Å². The van der Waals surface area contributed by atoms with E-state index in [4.69, 9.17) is 0 Å². The number of amides is 2. The average molecular weight is 357 g/mol. The fourth-order valence-corrected chi connectivity index (χ4v) is 2.74. The Balaban J connectivity index is 2.19. The Hall–Kier alpha value is -3.09. The summed E-state index contributed by atoms with van der Waals surface area (Å²) in [5, 5.41) is 15.3. The first-order chi connectivity index (χ1) is 12.4. The van der Waals surface area contributed by atoms with E-state index in [0.29, 0.717) is 0 Å². The molecule has 0 saturated carbocycles. The number of carbonyl (C=O) groups is 3. The van der Waals surface area contributed by atoms with Crippen molar-refractivity contribution < 1.29 is 19.5 Å². The maximum atomic E-state index is 12.6. The molecule has 0 saturated heterocycles. The van der Waals surface area contributed by atoms with Crippen LogP contribution in [-0.2, 0) is 20.8 Å². The average Bonchev–Trinajstić information content (AvgIpc) is 3.00. The highest BCUT2D eigenvalue weighted by Crippen LogP contribution is 2.19. The van der Waals surface area contributed by atoms with Crippen molar-refractivity contribution >= 4 is 28.7 Å².